The van der Waals surface area contributed by atoms with Gasteiger partial charge in [-0.15, -0.1) is 5.10 Å². The van der Waals surface area contributed by atoms with Gasteiger partial charge in [-0.3, -0.25) is 4.79 Å². The van der Waals surface area contributed by atoms with Crippen LogP contribution in [0, 0.1) is 0 Å². The number of esters is 1. The zero-order valence-electron chi connectivity index (χ0n) is 15.6. The molecule has 0 atom stereocenters. The van der Waals surface area contributed by atoms with Crippen LogP contribution in [0.5, 0.6) is 0 Å². The van der Waals surface area contributed by atoms with E-state index in [1.54, 1.807) is 62.0 Å². The molecule has 0 N–H and O–H groups in total. The average Bonchev–Trinajstić information content (AvgIpc) is 3.46. The number of nitrogens with zero attached hydrogens (tertiary/aromatic N) is 5. The molecule has 0 radical (unpaired) electrons. The molecule has 0 spiro atoms. The van der Waals surface area contributed by atoms with Crippen molar-refractivity contribution in [3.05, 3.63) is 90.3 Å². The molecule has 8 heteroatoms. The van der Waals surface area contributed by atoms with Crippen molar-refractivity contribution < 1.29 is 14.3 Å². The van der Waals surface area contributed by atoms with E-state index in [9.17, 15) is 9.59 Å². The van der Waals surface area contributed by atoms with Gasteiger partial charge in [-0.2, -0.15) is 0 Å². The van der Waals surface area contributed by atoms with E-state index in [2.05, 4.69) is 15.3 Å². The van der Waals surface area contributed by atoms with E-state index in [4.69, 9.17) is 4.74 Å². The molecule has 0 fully saturated rings. The lowest BCUT2D eigenvalue weighted by Crippen LogP contribution is -2.05. The summed E-state index contributed by atoms with van der Waals surface area (Å²) in [6.45, 7) is 2.07. The van der Waals surface area contributed by atoms with E-state index in [-0.39, 0.29) is 17.4 Å². The van der Waals surface area contributed by atoms with Gasteiger partial charge in [0.1, 0.15) is 0 Å². The highest BCUT2D eigenvalue weighted by molar-refractivity contribution is 6.07. The Kier molecular flexibility index (Phi) is 4.98. The van der Waals surface area contributed by atoms with Crippen molar-refractivity contribution in [2.75, 3.05) is 6.61 Å². The van der Waals surface area contributed by atoms with Crippen LogP contribution < -0.4 is 0 Å². The largest absolute Gasteiger partial charge is 0.462 e. The summed E-state index contributed by atoms with van der Waals surface area (Å²) in [5.41, 5.74) is 2.78. The summed E-state index contributed by atoms with van der Waals surface area (Å²) in [6.07, 6.45) is 6.77. The maximum atomic E-state index is 12.7. The van der Waals surface area contributed by atoms with Crippen LogP contribution in [-0.4, -0.2) is 42.9 Å². The fourth-order valence-electron chi connectivity index (χ4n) is 2.80. The first-order chi connectivity index (χ1) is 14.2. The topological polar surface area (TPSA) is 91.9 Å². The highest BCUT2D eigenvalue weighted by Gasteiger charge is 2.15. The van der Waals surface area contributed by atoms with Gasteiger partial charge in [0.25, 0.3) is 0 Å². The molecule has 29 heavy (non-hydrogen) atoms. The maximum Gasteiger partial charge on any atom is 0.338 e. The number of benzene rings is 2. The minimum absolute atomic E-state index is 0.225. The van der Waals surface area contributed by atoms with E-state index < -0.39 is 0 Å². The van der Waals surface area contributed by atoms with Gasteiger partial charge in [-0.1, -0.05) is 5.21 Å². The van der Waals surface area contributed by atoms with Crippen LogP contribution in [0.1, 0.15) is 33.3 Å². The quantitative estimate of drug-likeness (QED) is 0.373. The molecule has 2 aromatic heterocycles. The van der Waals surface area contributed by atoms with E-state index >= 15 is 0 Å². The molecule has 8 nitrogen and oxygen atoms in total. The molecule has 2 heterocycles. The molecule has 0 aliphatic heterocycles. The predicted molar refractivity (Wildman–Crippen MR) is 104 cm³/mol. The zero-order valence-corrected chi connectivity index (χ0v) is 15.6. The van der Waals surface area contributed by atoms with Gasteiger partial charge in [-0.25, -0.2) is 14.5 Å². The second-order valence-corrected chi connectivity index (χ2v) is 6.16. The van der Waals surface area contributed by atoms with E-state index in [1.807, 2.05) is 22.9 Å². The van der Waals surface area contributed by atoms with Crippen molar-refractivity contribution in [2.45, 2.75) is 6.92 Å². The van der Waals surface area contributed by atoms with Crippen LogP contribution >= 0.6 is 0 Å². The third-order valence-electron chi connectivity index (χ3n) is 4.30. The van der Waals surface area contributed by atoms with Crippen molar-refractivity contribution in [1.82, 2.24) is 24.5 Å². The van der Waals surface area contributed by atoms with Crippen molar-refractivity contribution >= 4 is 11.8 Å². The minimum atomic E-state index is -0.382. The SMILES string of the molecule is CCOC(=O)c1ccc(-n2cc(C(=O)c3ccc(-n4ccnc4)cc3)nn2)cc1. The lowest BCUT2D eigenvalue weighted by atomic mass is 10.1. The summed E-state index contributed by atoms with van der Waals surface area (Å²) < 4.78 is 8.31. The van der Waals surface area contributed by atoms with Gasteiger partial charge < -0.3 is 9.30 Å². The number of imidazole rings is 1. The Bertz CT molecular complexity index is 1130. The van der Waals surface area contributed by atoms with Crippen LogP contribution in [-0.2, 0) is 4.74 Å². The first kappa shape index (κ1) is 18.3. The first-order valence-corrected chi connectivity index (χ1v) is 8.98. The third-order valence-corrected chi connectivity index (χ3v) is 4.30. The van der Waals surface area contributed by atoms with E-state index in [1.165, 1.54) is 4.68 Å². The molecule has 0 aliphatic rings. The smallest absolute Gasteiger partial charge is 0.338 e. The molecule has 0 bridgehead atoms. The van der Waals surface area contributed by atoms with E-state index in [0.717, 1.165) is 5.69 Å². The fourth-order valence-corrected chi connectivity index (χ4v) is 2.80. The molecule has 0 saturated heterocycles. The Balaban J connectivity index is 1.51. The summed E-state index contributed by atoms with van der Waals surface area (Å²) in [5, 5.41) is 8.00. The number of ketones is 1. The first-order valence-electron chi connectivity index (χ1n) is 8.98. The molecule has 0 aliphatic carbocycles. The third kappa shape index (κ3) is 3.81. The van der Waals surface area contributed by atoms with Gasteiger partial charge in [0.05, 0.1) is 30.4 Å². The van der Waals surface area contributed by atoms with Crippen molar-refractivity contribution in [1.29, 1.82) is 0 Å². The Morgan fingerprint density at radius 3 is 2.31 bits per heavy atom. The van der Waals surface area contributed by atoms with Gasteiger partial charge in [0.2, 0.25) is 5.78 Å². The van der Waals surface area contributed by atoms with Gasteiger partial charge in [-0.05, 0) is 55.5 Å². The van der Waals surface area contributed by atoms with Gasteiger partial charge in [0.15, 0.2) is 5.69 Å². The molecular formula is C21H17N5O3. The van der Waals surface area contributed by atoms with Crippen molar-refractivity contribution in [3.8, 4) is 11.4 Å². The number of hydrogen-bond acceptors (Lipinski definition) is 6. The standard InChI is InChI=1S/C21H17N5O3/c1-2-29-21(28)16-5-9-18(10-6-16)26-13-19(23-24-26)20(27)15-3-7-17(8-4-15)25-12-11-22-14-25/h3-14H,2H2,1H3. The van der Waals surface area contributed by atoms with Gasteiger partial charge in [0, 0.05) is 23.6 Å². The highest BCUT2D eigenvalue weighted by atomic mass is 16.5. The van der Waals surface area contributed by atoms with Crippen molar-refractivity contribution in [3.63, 3.8) is 0 Å². The van der Waals surface area contributed by atoms with Crippen LogP contribution in [0.15, 0.2) is 73.4 Å². The Labute approximate surface area is 166 Å². The Morgan fingerprint density at radius 1 is 0.966 bits per heavy atom. The lowest BCUT2D eigenvalue weighted by molar-refractivity contribution is 0.0526. The van der Waals surface area contributed by atoms with E-state index in [0.29, 0.717) is 23.4 Å². The van der Waals surface area contributed by atoms with Crippen molar-refractivity contribution in [2.24, 2.45) is 0 Å². The zero-order chi connectivity index (χ0) is 20.2. The normalized spacial score (nSPS) is 10.7. The molecule has 144 valence electrons. The van der Waals surface area contributed by atoms with Crippen LogP contribution in [0.25, 0.3) is 11.4 Å². The average molecular weight is 387 g/mol. The molecular weight excluding hydrogens is 370 g/mol. The molecule has 4 aromatic rings. The second kappa shape index (κ2) is 7.89. The number of carbonyl (C=O) groups excluding carboxylic acids is 2. The van der Waals surface area contributed by atoms with Crippen LogP contribution in [0.4, 0.5) is 0 Å². The number of ether oxygens (including phenoxy) is 1. The van der Waals surface area contributed by atoms with Crippen LogP contribution in [0.2, 0.25) is 0 Å². The minimum Gasteiger partial charge on any atom is -0.462 e. The van der Waals surface area contributed by atoms with Crippen LogP contribution in [0.3, 0.4) is 0 Å². The fraction of sp³-hybridized carbons (Fsp3) is 0.0952. The molecule has 2 aromatic carbocycles. The number of rotatable bonds is 6. The molecule has 4 rings (SSSR count). The lowest BCUT2D eigenvalue weighted by Gasteiger charge is -2.04. The Hall–Kier alpha value is -4.07. The predicted octanol–water partition coefficient (Wildman–Crippen LogP) is 2.86. The molecule has 0 amide bonds. The maximum absolute atomic E-state index is 12.7. The van der Waals surface area contributed by atoms with Gasteiger partial charge >= 0.3 is 5.97 Å². The Morgan fingerprint density at radius 2 is 1.66 bits per heavy atom. The summed E-state index contributed by atoms with van der Waals surface area (Å²) in [7, 11) is 0. The molecule has 0 saturated carbocycles. The summed E-state index contributed by atoms with van der Waals surface area (Å²) in [5.74, 6) is -0.607. The highest BCUT2D eigenvalue weighted by Crippen LogP contribution is 2.14. The second-order valence-electron chi connectivity index (χ2n) is 6.16. The molecule has 0 unspecified atom stereocenters. The summed E-state index contributed by atoms with van der Waals surface area (Å²) in [6, 6.07) is 13.9. The number of aromatic nitrogens is 5. The summed E-state index contributed by atoms with van der Waals surface area (Å²) in [4.78, 5) is 28.5. The monoisotopic (exact) mass is 387 g/mol. The number of carbonyl (C=O) groups is 2. The summed E-state index contributed by atoms with van der Waals surface area (Å²) >= 11 is 0. The number of hydrogen-bond donors (Lipinski definition) is 0.